The predicted molar refractivity (Wildman–Crippen MR) is 66.8 cm³/mol. The van der Waals surface area contributed by atoms with Crippen LogP contribution in [0.3, 0.4) is 0 Å². The van der Waals surface area contributed by atoms with Gasteiger partial charge in [0, 0.05) is 13.2 Å². The molecule has 0 saturated carbocycles. The predicted octanol–water partition coefficient (Wildman–Crippen LogP) is 0.888. The van der Waals surface area contributed by atoms with Gasteiger partial charge in [-0.1, -0.05) is 0 Å². The van der Waals surface area contributed by atoms with Crippen molar-refractivity contribution in [1.29, 1.82) is 0 Å². The second-order valence-electron chi connectivity index (χ2n) is 3.80. The molecular weight excluding hydrogens is 270 g/mol. The molecule has 0 spiro atoms. The van der Waals surface area contributed by atoms with Crippen LogP contribution < -0.4 is 4.72 Å². The number of sulfonamides is 1. The van der Waals surface area contributed by atoms with E-state index in [2.05, 4.69) is 14.7 Å². The molecule has 0 amide bonds. The zero-order valence-corrected chi connectivity index (χ0v) is 11.0. The molecule has 0 unspecified atom stereocenters. The number of aromatic amines is 1. The topological polar surface area (TPSA) is 97.2 Å². The molecule has 2 rings (SSSR count). The number of rotatable bonds is 8. The van der Waals surface area contributed by atoms with Crippen molar-refractivity contribution in [2.45, 2.75) is 18.1 Å². The lowest BCUT2D eigenvalue weighted by Crippen LogP contribution is -2.25. The van der Waals surface area contributed by atoms with E-state index < -0.39 is 10.0 Å². The first-order valence-electron chi connectivity index (χ1n) is 5.76. The van der Waals surface area contributed by atoms with Crippen molar-refractivity contribution in [2.24, 2.45) is 0 Å². The lowest BCUT2D eigenvalue weighted by molar-refractivity contribution is 0.105. The Hall–Kier alpha value is -1.64. The molecule has 2 aromatic heterocycles. The summed E-state index contributed by atoms with van der Waals surface area (Å²) in [6.45, 7) is 1.14. The lowest BCUT2D eigenvalue weighted by atomic mass is 10.4. The largest absolute Gasteiger partial charge is 0.467 e. The molecule has 0 radical (unpaired) electrons. The number of ether oxygens (including phenoxy) is 1. The second-order valence-corrected chi connectivity index (χ2v) is 5.53. The van der Waals surface area contributed by atoms with Crippen molar-refractivity contribution in [3.63, 3.8) is 0 Å². The van der Waals surface area contributed by atoms with Gasteiger partial charge >= 0.3 is 0 Å². The Balaban J connectivity index is 1.62. The summed E-state index contributed by atoms with van der Waals surface area (Å²) in [4.78, 5) is 6.21. The van der Waals surface area contributed by atoms with Crippen LogP contribution in [0.15, 0.2) is 40.4 Å². The van der Waals surface area contributed by atoms with E-state index in [1.807, 2.05) is 6.07 Å². The molecule has 104 valence electrons. The molecule has 0 aliphatic carbocycles. The highest BCUT2D eigenvalue weighted by Crippen LogP contribution is 2.03. The first-order valence-corrected chi connectivity index (χ1v) is 7.25. The third kappa shape index (κ3) is 4.19. The minimum Gasteiger partial charge on any atom is -0.467 e. The van der Waals surface area contributed by atoms with Gasteiger partial charge in [-0.2, -0.15) is 0 Å². The molecule has 2 heterocycles. The van der Waals surface area contributed by atoms with E-state index in [0.717, 1.165) is 5.76 Å². The number of aromatic nitrogens is 2. The molecule has 0 aliphatic rings. The zero-order valence-electron chi connectivity index (χ0n) is 10.2. The molecule has 7 nitrogen and oxygen atoms in total. The lowest BCUT2D eigenvalue weighted by Gasteiger charge is -2.05. The number of H-pyrrole nitrogens is 1. The van der Waals surface area contributed by atoms with Gasteiger partial charge in [0.05, 0.1) is 18.8 Å². The fourth-order valence-corrected chi connectivity index (χ4v) is 2.39. The summed E-state index contributed by atoms with van der Waals surface area (Å²) in [5.74, 6) is 0.748. The molecule has 0 aromatic carbocycles. The third-order valence-electron chi connectivity index (χ3n) is 2.34. The van der Waals surface area contributed by atoms with E-state index in [0.29, 0.717) is 26.2 Å². The second kappa shape index (κ2) is 6.50. The van der Waals surface area contributed by atoms with Crippen molar-refractivity contribution < 1.29 is 17.6 Å². The highest BCUT2D eigenvalue weighted by Gasteiger charge is 2.13. The maximum absolute atomic E-state index is 11.7. The normalized spacial score (nSPS) is 11.8. The summed E-state index contributed by atoms with van der Waals surface area (Å²) in [5.41, 5.74) is 0. The Morgan fingerprint density at radius 3 is 3.05 bits per heavy atom. The summed E-state index contributed by atoms with van der Waals surface area (Å²) < 4.78 is 36.2. The first kappa shape index (κ1) is 13.8. The van der Waals surface area contributed by atoms with Gasteiger partial charge in [0.1, 0.15) is 12.4 Å². The summed E-state index contributed by atoms with van der Waals surface area (Å²) in [6.07, 6.45) is 4.74. The van der Waals surface area contributed by atoms with Crippen LogP contribution in [-0.2, 0) is 21.4 Å². The highest BCUT2D eigenvalue weighted by atomic mass is 32.2. The first-order chi connectivity index (χ1) is 9.18. The van der Waals surface area contributed by atoms with E-state index in [-0.39, 0.29) is 5.03 Å². The number of nitrogens with one attached hydrogen (secondary N) is 2. The molecule has 0 atom stereocenters. The molecular formula is C11H15N3O4S. The van der Waals surface area contributed by atoms with Gasteiger partial charge in [-0.05, 0) is 18.6 Å². The van der Waals surface area contributed by atoms with E-state index >= 15 is 0 Å². The standard InChI is InChI=1S/C11H15N3O4S/c15-19(16,11-7-12-9-13-11)14-4-2-5-17-8-10-3-1-6-18-10/h1,3,6-7,9,14H,2,4-5,8H2,(H,12,13). The van der Waals surface area contributed by atoms with Gasteiger partial charge in [-0.15, -0.1) is 0 Å². The maximum Gasteiger partial charge on any atom is 0.257 e. The monoisotopic (exact) mass is 285 g/mol. The number of nitrogens with zero attached hydrogens (tertiary/aromatic N) is 1. The molecule has 19 heavy (non-hydrogen) atoms. The van der Waals surface area contributed by atoms with Gasteiger partial charge < -0.3 is 14.1 Å². The van der Waals surface area contributed by atoms with Gasteiger partial charge in [-0.25, -0.2) is 18.1 Å². The number of hydrogen-bond donors (Lipinski definition) is 2. The van der Waals surface area contributed by atoms with Gasteiger partial charge in [0.2, 0.25) is 0 Å². The molecule has 0 bridgehead atoms. The summed E-state index contributed by atoms with van der Waals surface area (Å²) in [6, 6.07) is 3.61. The molecule has 8 heteroatoms. The van der Waals surface area contributed by atoms with Crippen LogP contribution in [0.4, 0.5) is 0 Å². The fourth-order valence-electron chi connectivity index (χ4n) is 1.42. The van der Waals surface area contributed by atoms with Crippen molar-refractivity contribution in [2.75, 3.05) is 13.2 Å². The average molecular weight is 285 g/mol. The van der Waals surface area contributed by atoms with Crippen LogP contribution in [-0.4, -0.2) is 31.5 Å². The van der Waals surface area contributed by atoms with Crippen molar-refractivity contribution in [1.82, 2.24) is 14.7 Å². The summed E-state index contributed by atoms with van der Waals surface area (Å²) in [7, 11) is -3.49. The average Bonchev–Trinajstić information content (AvgIpc) is 3.05. The van der Waals surface area contributed by atoms with Crippen LogP contribution >= 0.6 is 0 Å². The molecule has 0 saturated heterocycles. The summed E-state index contributed by atoms with van der Waals surface area (Å²) >= 11 is 0. The van der Waals surface area contributed by atoms with Crippen LogP contribution in [0.1, 0.15) is 12.2 Å². The van der Waals surface area contributed by atoms with Crippen LogP contribution in [0.25, 0.3) is 0 Å². The van der Waals surface area contributed by atoms with Crippen molar-refractivity contribution in [3.8, 4) is 0 Å². The number of hydrogen-bond acceptors (Lipinski definition) is 5. The minimum atomic E-state index is -3.49. The van der Waals surface area contributed by atoms with Crippen molar-refractivity contribution in [3.05, 3.63) is 36.7 Å². The Labute approximate surface area is 111 Å². The molecule has 0 fully saturated rings. The fraction of sp³-hybridized carbons (Fsp3) is 0.364. The Morgan fingerprint density at radius 2 is 2.37 bits per heavy atom. The zero-order chi connectivity index (χ0) is 13.6. The maximum atomic E-state index is 11.7. The van der Waals surface area contributed by atoms with Gasteiger partial charge in [-0.3, -0.25) is 0 Å². The van der Waals surface area contributed by atoms with Crippen LogP contribution in [0.5, 0.6) is 0 Å². The van der Waals surface area contributed by atoms with E-state index in [1.54, 1.807) is 12.3 Å². The Bertz CT molecular complexity index is 563. The smallest absolute Gasteiger partial charge is 0.257 e. The Kier molecular flexibility index (Phi) is 4.72. The summed E-state index contributed by atoms with van der Waals surface area (Å²) in [5, 5.41) is 0.0593. The molecule has 2 aromatic rings. The van der Waals surface area contributed by atoms with Crippen LogP contribution in [0, 0.1) is 0 Å². The van der Waals surface area contributed by atoms with Crippen molar-refractivity contribution >= 4 is 10.0 Å². The number of furan rings is 1. The quantitative estimate of drug-likeness (QED) is 0.702. The van der Waals surface area contributed by atoms with Gasteiger partial charge in [0.25, 0.3) is 10.0 Å². The van der Waals surface area contributed by atoms with Gasteiger partial charge in [0.15, 0.2) is 5.03 Å². The number of imidazole rings is 1. The Morgan fingerprint density at radius 1 is 1.47 bits per heavy atom. The third-order valence-corrected chi connectivity index (χ3v) is 3.73. The highest BCUT2D eigenvalue weighted by molar-refractivity contribution is 7.89. The van der Waals surface area contributed by atoms with Crippen LogP contribution in [0.2, 0.25) is 0 Å². The van der Waals surface area contributed by atoms with E-state index in [1.165, 1.54) is 12.5 Å². The minimum absolute atomic E-state index is 0.0593. The van der Waals surface area contributed by atoms with E-state index in [4.69, 9.17) is 9.15 Å². The molecule has 2 N–H and O–H groups in total. The SMILES string of the molecule is O=S(=O)(NCCCOCc1ccco1)c1cnc[nH]1. The molecule has 0 aliphatic heterocycles. The van der Waals surface area contributed by atoms with E-state index in [9.17, 15) is 8.42 Å².